The van der Waals surface area contributed by atoms with Gasteiger partial charge in [-0.1, -0.05) is 20.3 Å². The predicted molar refractivity (Wildman–Crippen MR) is 74.3 cm³/mol. The Morgan fingerprint density at radius 2 is 2.00 bits per heavy atom. The van der Waals surface area contributed by atoms with Gasteiger partial charge in [0.15, 0.2) is 6.61 Å². The number of rotatable bonds is 5. The third-order valence-electron chi connectivity index (χ3n) is 3.79. The molecule has 0 N–H and O–H groups in total. The Balaban J connectivity index is 2.32. The van der Waals surface area contributed by atoms with Gasteiger partial charge >= 0.3 is 12.1 Å². The van der Waals surface area contributed by atoms with Crippen molar-refractivity contribution in [2.45, 2.75) is 59.5 Å². The van der Waals surface area contributed by atoms with Crippen LogP contribution in [0.15, 0.2) is 0 Å². The van der Waals surface area contributed by atoms with E-state index in [1.807, 2.05) is 6.92 Å². The zero-order chi connectivity index (χ0) is 15.2. The molecular weight excluding hydrogens is 260 g/mol. The molecule has 0 aromatic heterocycles. The van der Waals surface area contributed by atoms with Crippen molar-refractivity contribution in [2.24, 2.45) is 11.3 Å². The van der Waals surface area contributed by atoms with Gasteiger partial charge in [-0.2, -0.15) is 0 Å². The molecule has 0 spiro atoms. The van der Waals surface area contributed by atoms with Crippen LogP contribution in [0.3, 0.4) is 0 Å². The fourth-order valence-electron chi connectivity index (χ4n) is 2.77. The van der Waals surface area contributed by atoms with E-state index in [-0.39, 0.29) is 19.3 Å². The highest BCUT2D eigenvalue weighted by molar-refractivity contribution is 5.73. The molecule has 116 valence electrons. The highest BCUT2D eigenvalue weighted by Gasteiger charge is 2.32. The maximum Gasteiger partial charge on any atom is 0.508 e. The van der Waals surface area contributed by atoms with Crippen molar-refractivity contribution in [1.82, 2.24) is 0 Å². The van der Waals surface area contributed by atoms with Gasteiger partial charge in [0.25, 0.3) is 0 Å². The lowest BCUT2D eigenvalue weighted by Gasteiger charge is -2.37. The van der Waals surface area contributed by atoms with Gasteiger partial charge in [-0.25, -0.2) is 9.59 Å². The fourth-order valence-corrected chi connectivity index (χ4v) is 2.77. The number of carbonyl (C=O) groups is 2. The van der Waals surface area contributed by atoms with Gasteiger partial charge in [-0.05, 0) is 44.4 Å². The highest BCUT2D eigenvalue weighted by atomic mass is 16.7. The Morgan fingerprint density at radius 3 is 2.60 bits per heavy atom. The first-order valence-electron chi connectivity index (χ1n) is 7.33. The molecule has 5 heteroatoms. The molecule has 5 nitrogen and oxygen atoms in total. The fraction of sp³-hybridized carbons (Fsp3) is 0.867. The minimum Gasteiger partial charge on any atom is -0.460 e. The van der Waals surface area contributed by atoms with E-state index in [4.69, 9.17) is 4.74 Å². The maximum atomic E-state index is 11.6. The number of ether oxygens (including phenoxy) is 3. The average Bonchev–Trinajstić information content (AvgIpc) is 2.35. The maximum absolute atomic E-state index is 11.6. The van der Waals surface area contributed by atoms with Crippen LogP contribution in [0.2, 0.25) is 0 Å². The van der Waals surface area contributed by atoms with Gasteiger partial charge in [0.1, 0.15) is 6.10 Å². The first kappa shape index (κ1) is 16.8. The molecule has 1 saturated carbocycles. The van der Waals surface area contributed by atoms with E-state index in [9.17, 15) is 9.59 Å². The van der Waals surface area contributed by atoms with E-state index >= 15 is 0 Å². The lowest BCUT2D eigenvalue weighted by Crippen LogP contribution is -2.33. The SMILES string of the molecule is CCOC(=O)OCC(=O)OC(C)C1CCCC(C)(C)C1. The summed E-state index contributed by atoms with van der Waals surface area (Å²) < 4.78 is 14.5. The van der Waals surface area contributed by atoms with Crippen molar-refractivity contribution < 1.29 is 23.8 Å². The summed E-state index contributed by atoms with van der Waals surface area (Å²) in [7, 11) is 0. The molecule has 20 heavy (non-hydrogen) atoms. The number of hydrogen-bond donors (Lipinski definition) is 0. The van der Waals surface area contributed by atoms with Crippen molar-refractivity contribution in [3.63, 3.8) is 0 Å². The van der Waals surface area contributed by atoms with Crippen LogP contribution in [-0.4, -0.2) is 31.4 Å². The summed E-state index contributed by atoms with van der Waals surface area (Å²) in [6.07, 6.45) is 3.54. The highest BCUT2D eigenvalue weighted by Crippen LogP contribution is 2.40. The van der Waals surface area contributed by atoms with Gasteiger partial charge in [-0.3, -0.25) is 0 Å². The summed E-state index contributed by atoms with van der Waals surface area (Å²) in [4.78, 5) is 22.6. The summed E-state index contributed by atoms with van der Waals surface area (Å²) in [5, 5.41) is 0. The van der Waals surface area contributed by atoms with E-state index < -0.39 is 12.1 Å². The van der Waals surface area contributed by atoms with Crippen molar-refractivity contribution in [1.29, 1.82) is 0 Å². The molecule has 0 radical (unpaired) electrons. The lowest BCUT2D eigenvalue weighted by molar-refractivity contribution is -0.156. The molecule has 1 aliphatic carbocycles. The third-order valence-corrected chi connectivity index (χ3v) is 3.79. The first-order chi connectivity index (χ1) is 9.34. The summed E-state index contributed by atoms with van der Waals surface area (Å²) in [6, 6.07) is 0. The first-order valence-corrected chi connectivity index (χ1v) is 7.33. The minimum atomic E-state index is -0.837. The van der Waals surface area contributed by atoms with Crippen LogP contribution in [-0.2, 0) is 19.0 Å². The van der Waals surface area contributed by atoms with Crippen molar-refractivity contribution >= 4 is 12.1 Å². The zero-order valence-electron chi connectivity index (χ0n) is 12.9. The van der Waals surface area contributed by atoms with Crippen molar-refractivity contribution in [3.05, 3.63) is 0 Å². The Hall–Kier alpha value is -1.26. The van der Waals surface area contributed by atoms with E-state index in [1.54, 1.807) is 6.92 Å². The van der Waals surface area contributed by atoms with Crippen LogP contribution in [0.1, 0.15) is 53.4 Å². The average molecular weight is 286 g/mol. The Morgan fingerprint density at radius 1 is 1.30 bits per heavy atom. The van der Waals surface area contributed by atoms with E-state index in [1.165, 1.54) is 12.8 Å². The Bertz CT molecular complexity index is 337. The number of carbonyl (C=O) groups excluding carboxylic acids is 2. The summed E-state index contributed by atoms with van der Waals surface area (Å²) >= 11 is 0. The molecule has 1 aliphatic rings. The van der Waals surface area contributed by atoms with Crippen molar-refractivity contribution in [3.8, 4) is 0 Å². The molecule has 2 atom stereocenters. The smallest absolute Gasteiger partial charge is 0.460 e. The minimum absolute atomic E-state index is 0.145. The molecule has 0 amide bonds. The van der Waals surface area contributed by atoms with E-state index in [0.29, 0.717) is 11.3 Å². The monoisotopic (exact) mass is 286 g/mol. The van der Waals surface area contributed by atoms with Crippen molar-refractivity contribution in [2.75, 3.05) is 13.2 Å². The van der Waals surface area contributed by atoms with Crippen LogP contribution >= 0.6 is 0 Å². The summed E-state index contributed by atoms with van der Waals surface area (Å²) in [6.45, 7) is 7.91. The van der Waals surface area contributed by atoms with Crippen LogP contribution in [0.4, 0.5) is 4.79 Å². The summed E-state index contributed by atoms with van der Waals surface area (Å²) in [5.41, 5.74) is 0.311. The molecule has 0 aliphatic heterocycles. The van der Waals surface area contributed by atoms with E-state index in [0.717, 1.165) is 12.8 Å². The molecule has 0 heterocycles. The molecule has 1 fully saturated rings. The Kier molecular flexibility index (Phi) is 6.30. The molecule has 0 aromatic carbocycles. The molecular formula is C15H26O5. The zero-order valence-corrected chi connectivity index (χ0v) is 12.9. The van der Waals surface area contributed by atoms with Crippen LogP contribution in [0, 0.1) is 11.3 Å². The third kappa shape index (κ3) is 5.80. The van der Waals surface area contributed by atoms with Gasteiger partial charge in [0.2, 0.25) is 0 Å². The van der Waals surface area contributed by atoms with E-state index in [2.05, 4.69) is 23.3 Å². The van der Waals surface area contributed by atoms with Gasteiger partial charge in [0.05, 0.1) is 6.61 Å². The standard InChI is InChI=1S/C15H26O5/c1-5-18-14(17)19-10-13(16)20-11(2)12-7-6-8-15(3,4)9-12/h11-12H,5-10H2,1-4H3. The lowest BCUT2D eigenvalue weighted by atomic mass is 9.71. The van der Waals surface area contributed by atoms with Crippen LogP contribution in [0.5, 0.6) is 0 Å². The Labute approximate surface area is 121 Å². The normalized spacial score (nSPS) is 22.7. The molecule has 0 bridgehead atoms. The molecule has 2 unspecified atom stereocenters. The second-order valence-electron chi connectivity index (χ2n) is 6.19. The predicted octanol–water partition coefficient (Wildman–Crippen LogP) is 3.31. The second kappa shape index (κ2) is 7.50. The number of hydrogen-bond acceptors (Lipinski definition) is 5. The topological polar surface area (TPSA) is 61.8 Å². The quantitative estimate of drug-likeness (QED) is 0.726. The largest absolute Gasteiger partial charge is 0.508 e. The molecule has 1 rings (SSSR count). The van der Waals surface area contributed by atoms with Gasteiger partial charge in [-0.15, -0.1) is 0 Å². The van der Waals surface area contributed by atoms with Crippen LogP contribution < -0.4 is 0 Å². The molecule has 0 saturated heterocycles. The molecule has 0 aromatic rings. The van der Waals surface area contributed by atoms with Gasteiger partial charge in [0, 0.05) is 0 Å². The summed E-state index contributed by atoms with van der Waals surface area (Å²) in [5.74, 6) is -0.140. The van der Waals surface area contributed by atoms with Crippen LogP contribution in [0.25, 0.3) is 0 Å². The van der Waals surface area contributed by atoms with Gasteiger partial charge < -0.3 is 14.2 Å². The second-order valence-corrected chi connectivity index (χ2v) is 6.19. The number of esters is 1.